The monoisotopic (exact) mass is 336 g/mol. The van der Waals surface area contributed by atoms with Gasteiger partial charge in [-0.1, -0.05) is 24.3 Å². The topological polar surface area (TPSA) is 66.9 Å². The van der Waals surface area contributed by atoms with Gasteiger partial charge in [0.2, 0.25) is 0 Å². The summed E-state index contributed by atoms with van der Waals surface area (Å²) in [7, 11) is 0. The van der Waals surface area contributed by atoms with Crippen LogP contribution in [0.1, 0.15) is 21.6 Å². The number of amides is 1. The predicted molar refractivity (Wildman–Crippen MR) is 95.6 cm³/mol. The molecule has 25 heavy (non-hydrogen) atoms. The van der Waals surface area contributed by atoms with E-state index in [1.807, 2.05) is 32.0 Å². The molecule has 1 heterocycles. The molecule has 0 atom stereocenters. The van der Waals surface area contributed by atoms with Gasteiger partial charge in [-0.25, -0.2) is 4.39 Å². The van der Waals surface area contributed by atoms with E-state index in [1.54, 1.807) is 24.3 Å². The van der Waals surface area contributed by atoms with Crippen LogP contribution in [0, 0.1) is 19.7 Å². The standard InChI is InChI=1S/C19H17FN4O/c1-12-6-5-9-15(13(12)2)22-19(25)17-10-11-18(24-23-17)21-16-8-4-3-7-14(16)20/h3-11H,1-2H3,(H,21,24)(H,22,25). The average Bonchev–Trinajstić information content (AvgIpc) is 2.61. The summed E-state index contributed by atoms with van der Waals surface area (Å²) in [4.78, 5) is 12.3. The van der Waals surface area contributed by atoms with Crippen LogP contribution in [0.15, 0.2) is 54.6 Å². The lowest BCUT2D eigenvalue weighted by molar-refractivity contribution is 0.102. The minimum Gasteiger partial charge on any atom is -0.336 e. The molecule has 1 aromatic heterocycles. The smallest absolute Gasteiger partial charge is 0.276 e. The first kappa shape index (κ1) is 16.6. The van der Waals surface area contributed by atoms with Gasteiger partial charge in [0.1, 0.15) is 5.82 Å². The van der Waals surface area contributed by atoms with Crippen LogP contribution >= 0.6 is 0 Å². The molecule has 3 rings (SSSR count). The van der Waals surface area contributed by atoms with Crippen molar-refractivity contribution in [2.75, 3.05) is 10.6 Å². The Morgan fingerprint density at radius 2 is 1.68 bits per heavy atom. The minimum atomic E-state index is -0.388. The first-order chi connectivity index (χ1) is 12.0. The van der Waals surface area contributed by atoms with Gasteiger partial charge in [-0.15, -0.1) is 10.2 Å². The van der Waals surface area contributed by atoms with Crippen LogP contribution in [0.3, 0.4) is 0 Å². The number of para-hydroxylation sites is 1. The first-order valence-electron chi connectivity index (χ1n) is 7.77. The molecular formula is C19H17FN4O. The third kappa shape index (κ3) is 3.80. The Bertz CT molecular complexity index is 910. The molecule has 2 N–H and O–H groups in total. The number of hydrogen-bond acceptors (Lipinski definition) is 4. The highest BCUT2D eigenvalue weighted by Crippen LogP contribution is 2.19. The number of benzene rings is 2. The lowest BCUT2D eigenvalue weighted by atomic mass is 10.1. The van der Waals surface area contributed by atoms with Crippen LogP contribution in [0.4, 0.5) is 21.6 Å². The Kier molecular flexibility index (Phi) is 4.70. The highest BCUT2D eigenvalue weighted by Gasteiger charge is 2.11. The van der Waals surface area contributed by atoms with Crippen LogP contribution < -0.4 is 10.6 Å². The molecule has 0 saturated heterocycles. The van der Waals surface area contributed by atoms with E-state index in [0.29, 0.717) is 11.5 Å². The van der Waals surface area contributed by atoms with Gasteiger partial charge in [0.25, 0.3) is 5.91 Å². The van der Waals surface area contributed by atoms with Crippen molar-refractivity contribution in [2.45, 2.75) is 13.8 Å². The summed E-state index contributed by atoms with van der Waals surface area (Å²) in [6, 6.07) is 15.1. The zero-order valence-electron chi connectivity index (χ0n) is 13.9. The second kappa shape index (κ2) is 7.09. The molecule has 0 radical (unpaired) electrons. The Morgan fingerprint density at radius 1 is 0.920 bits per heavy atom. The molecule has 5 nitrogen and oxygen atoms in total. The number of anilines is 3. The molecule has 0 saturated carbocycles. The molecule has 1 amide bonds. The second-order valence-corrected chi connectivity index (χ2v) is 5.61. The second-order valence-electron chi connectivity index (χ2n) is 5.61. The van der Waals surface area contributed by atoms with Crippen LogP contribution in [0.2, 0.25) is 0 Å². The number of aromatic nitrogens is 2. The number of aryl methyl sites for hydroxylation is 1. The Balaban J connectivity index is 1.72. The molecule has 0 spiro atoms. The molecule has 0 aliphatic rings. The van der Waals surface area contributed by atoms with E-state index in [1.165, 1.54) is 12.1 Å². The van der Waals surface area contributed by atoms with Gasteiger partial charge >= 0.3 is 0 Å². The maximum absolute atomic E-state index is 13.6. The molecule has 0 aliphatic heterocycles. The summed E-state index contributed by atoms with van der Waals surface area (Å²) >= 11 is 0. The average molecular weight is 336 g/mol. The molecule has 0 aliphatic carbocycles. The molecule has 0 fully saturated rings. The van der Waals surface area contributed by atoms with E-state index in [-0.39, 0.29) is 17.4 Å². The Morgan fingerprint density at radius 3 is 2.40 bits per heavy atom. The maximum Gasteiger partial charge on any atom is 0.276 e. The van der Waals surface area contributed by atoms with Crippen molar-refractivity contribution in [1.29, 1.82) is 0 Å². The summed E-state index contributed by atoms with van der Waals surface area (Å²) in [5.74, 6) is -0.381. The van der Waals surface area contributed by atoms with E-state index in [9.17, 15) is 9.18 Å². The number of nitrogens with zero attached hydrogens (tertiary/aromatic N) is 2. The molecule has 3 aromatic rings. The van der Waals surface area contributed by atoms with Gasteiger partial charge in [-0.3, -0.25) is 4.79 Å². The van der Waals surface area contributed by atoms with Crippen LogP contribution in [-0.4, -0.2) is 16.1 Å². The number of rotatable bonds is 4. The summed E-state index contributed by atoms with van der Waals surface area (Å²) in [6.07, 6.45) is 0. The van der Waals surface area contributed by atoms with Crippen molar-refractivity contribution in [3.05, 3.63) is 77.2 Å². The normalized spacial score (nSPS) is 10.4. The summed E-state index contributed by atoms with van der Waals surface area (Å²) in [5, 5.41) is 13.5. The maximum atomic E-state index is 13.6. The van der Waals surface area contributed by atoms with Crippen LogP contribution in [0.25, 0.3) is 0 Å². The van der Waals surface area contributed by atoms with E-state index in [4.69, 9.17) is 0 Å². The van der Waals surface area contributed by atoms with Gasteiger partial charge in [-0.05, 0) is 55.3 Å². The van der Waals surface area contributed by atoms with Crippen LogP contribution in [-0.2, 0) is 0 Å². The van der Waals surface area contributed by atoms with Crippen molar-refractivity contribution in [3.8, 4) is 0 Å². The molecule has 126 valence electrons. The van der Waals surface area contributed by atoms with Gasteiger partial charge in [0.05, 0.1) is 5.69 Å². The van der Waals surface area contributed by atoms with Crippen molar-refractivity contribution in [1.82, 2.24) is 10.2 Å². The highest BCUT2D eigenvalue weighted by atomic mass is 19.1. The quantitative estimate of drug-likeness (QED) is 0.748. The Labute approximate surface area is 144 Å². The number of carbonyl (C=O) groups is 1. The summed E-state index contributed by atoms with van der Waals surface area (Å²) in [6.45, 7) is 3.92. The number of carbonyl (C=O) groups excluding carboxylic acids is 1. The van der Waals surface area contributed by atoms with Crippen LogP contribution in [0.5, 0.6) is 0 Å². The third-order valence-electron chi connectivity index (χ3n) is 3.89. The largest absolute Gasteiger partial charge is 0.336 e. The highest BCUT2D eigenvalue weighted by molar-refractivity contribution is 6.03. The number of halogens is 1. The summed E-state index contributed by atoms with van der Waals surface area (Å²) < 4.78 is 13.6. The van der Waals surface area contributed by atoms with Gasteiger partial charge in [0, 0.05) is 5.69 Å². The summed E-state index contributed by atoms with van der Waals surface area (Å²) in [5.41, 5.74) is 3.31. The van der Waals surface area contributed by atoms with E-state index >= 15 is 0 Å². The van der Waals surface area contributed by atoms with E-state index in [0.717, 1.165) is 16.8 Å². The zero-order valence-corrected chi connectivity index (χ0v) is 13.9. The van der Waals surface area contributed by atoms with Gasteiger partial charge in [0.15, 0.2) is 11.5 Å². The van der Waals surface area contributed by atoms with Crippen molar-refractivity contribution in [3.63, 3.8) is 0 Å². The zero-order chi connectivity index (χ0) is 17.8. The Hall–Kier alpha value is -3.28. The van der Waals surface area contributed by atoms with E-state index < -0.39 is 0 Å². The number of nitrogens with one attached hydrogen (secondary N) is 2. The fraction of sp³-hybridized carbons (Fsp3) is 0.105. The molecule has 6 heteroatoms. The van der Waals surface area contributed by atoms with E-state index in [2.05, 4.69) is 20.8 Å². The van der Waals surface area contributed by atoms with Gasteiger partial charge in [-0.2, -0.15) is 0 Å². The first-order valence-corrected chi connectivity index (χ1v) is 7.77. The minimum absolute atomic E-state index is 0.181. The lowest BCUT2D eigenvalue weighted by Crippen LogP contribution is -2.15. The fourth-order valence-corrected chi connectivity index (χ4v) is 2.29. The molecule has 2 aromatic carbocycles. The SMILES string of the molecule is Cc1cccc(NC(=O)c2ccc(Nc3ccccc3F)nn2)c1C. The third-order valence-corrected chi connectivity index (χ3v) is 3.89. The predicted octanol–water partition coefficient (Wildman–Crippen LogP) is 4.23. The molecule has 0 bridgehead atoms. The fourth-order valence-electron chi connectivity index (χ4n) is 2.29. The van der Waals surface area contributed by atoms with Gasteiger partial charge < -0.3 is 10.6 Å². The molecule has 0 unspecified atom stereocenters. The number of hydrogen-bond donors (Lipinski definition) is 2. The van der Waals surface area contributed by atoms with Crippen molar-refractivity contribution < 1.29 is 9.18 Å². The van der Waals surface area contributed by atoms with Crippen molar-refractivity contribution in [2.24, 2.45) is 0 Å². The lowest BCUT2D eigenvalue weighted by Gasteiger charge is -2.10. The van der Waals surface area contributed by atoms with Crippen molar-refractivity contribution >= 4 is 23.1 Å². The molecular weight excluding hydrogens is 319 g/mol.